The first kappa shape index (κ1) is 23.6. The summed E-state index contributed by atoms with van der Waals surface area (Å²) in [5.74, 6) is -0.814. The molecule has 0 bridgehead atoms. The highest BCUT2D eigenvalue weighted by atomic mass is 35.5. The van der Waals surface area contributed by atoms with E-state index in [1.54, 1.807) is 49.3 Å². The summed E-state index contributed by atoms with van der Waals surface area (Å²) < 4.78 is 19.3. The summed E-state index contributed by atoms with van der Waals surface area (Å²) in [5.41, 5.74) is 1.48. The number of benzene rings is 2. The lowest BCUT2D eigenvalue weighted by Crippen LogP contribution is -2.53. The number of ether oxygens (including phenoxy) is 1. The van der Waals surface area contributed by atoms with Gasteiger partial charge in [-0.15, -0.1) is 0 Å². The minimum atomic E-state index is -1.16. The molecule has 2 aliphatic rings. The summed E-state index contributed by atoms with van der Waals surface area (Å²) in [4.78, 5) is 33.5. The van der Waals surface area contributed by atoms with Gasteiger partial charge in [0.25, 0.3) is 5.91 Å². The van der Waals surface area contributed by atoms with Gasteiger partial charge in [-0.25, -0.2) is 9.18 Å². The molecule has 3 amide bonds. The fraction of sp³-hybridized carbons (Fsp3) is 0.360. The number of aromatic hydroxyl groups is 1. The van der Waals surface area contributed by atoms with Gasteiger partial charge in [-0.2, -0.15) is 0 Å². The average Bonchev–Trinajstić information content (AvgIpc) is 3.24. The number of nitrogens with zero attached hydrogens (tertiary/aromatic N) is 2. The molecule has 35 heavy (non-hydrogen) atoms. The minimum absolute atomic E-state index is 0.0154. The number of hydrogen-bond acceptors (Lipinski definition) is 5. The van der Waals surface area contributed by atoms with Gasteiger partial charge in [0, 0.05) is 49.8 Å². The van der Waals surface area contributed by atoms with Gasteiger partial charge in [0.15, 0.2) is 0 Å². The lowest BCUT2D eigenvalue weighted by molar-refractivity contribution is -0.133. The van der Waals surface area contributed by atoms with Crippen molar-refractivity contribution in [2.75, 3.05) is 33.4 Å². The molecule has 3 aromatic rings. The lowest BCUT2D eigenvalue weighted by Gasteiger charge is -2.42. The maximum atomic E-state index is 14.2. The van der Waals surface area contributed by atoms with E-state index < -0.39 is 23.4 Å². The van der Waals surface area contributed by atoms with Crippen LogP contribution in [0.1, 0.15) is 29.8 Å². The number of urea groups is 1. The molecule has 5 rings (SSSR count). The fourth-order valence-corrected chi connectivity index (χ4v) is 5.40. The predicted molar refractivity (Wildman–Crippen MR) is 129 cm³/mol. The van der Waals surface area contributed by atoms with E-state index in [0.29, 0.717) is 41.9 Å². The van der Waals surface area contributed by atoms with Crippen LogP contribution < -0.4 is 5.32 Å². The Morgan fingerprint density at radius 3 is 2.83 bits per heavy atom. The standard InChI is InChI=1S/C25H26ClFN4O4/c1-25-13-17-16-11-18(26)19(27)12-20(16)29-21(17)22(14-4-3-5-15(32)10-14)31(25)24(34)30(23(25)33)8-6-28-7-9-35-2/h3-5,10-12,22,28-29,32H,6-9,13H2,1-2H3/t22-,25+/m1/s1. The van der Waals surface area contributed by atoms with Gasteiger partial charge in [-0.3, -0.25) is 14.6 Å². The molecule has 2 aromatic carbocycles. The number of nitrogens with one attached hydrogen (secondary N) is 2. The molecular weight excluding hydrogens is 475 g/mol. The largest absolute Gasteiger partial charge is 0.508 e. The number of fused-ring (bicyclic) bond motifs is 4. The van der Waals surface area contributed by atoms with Crippen LogP contribution in [-0.2, 0) is 16.0 Å². The van der Waals surface area contributed by atoms with Crippen molar-refractivity contribution < 1.29 is 23.8 Å². The van der Waals surface area contributed by atoms with E-state index in [2.05, 4.69) is 10.3 Å². The second-order valence-electron chi connectivity index (χ2n) is 9.13. The van der Waals surface area contributed by atoms with Crippen molar-refractivity contribution in [3.8, 4) is 5.75 Å². The Hall–Kier alpha value is -3.14. The van der Waals surface area contributed by atoms with Crippen LogP contribution in [0.3, 0.4) is 0 Å². The predicted octanol–water partition coefficient (Wildman–Crippen LogP) is 3.57. The molecule has 0 unspecified atom stereocenters. The van der Waals surface area contributed by atoms with Crippen molar-refractivity contribution in [3.05, 3.63) is 64.1 Å². The van der Waals surface area contributed by atoms with E-state index >= 15 is 0 Å². The number of rotatable bonds is 7. The van der Waals surface area contributed by atoms with E-state index in [4.69, 9.17) is 16.3 Å². The number of halogens is 2. The number of aromatic amines is 1. The summed E-state index contributed by atoms with van der Waals surface area (Å²) in [6, 6.07) is 8.39. The number of imide groups is 1. The van der Waals surface area contributed by atoms with Crippen LogP contribution in [0.25, 0.3) is 10.9 Å². The first-order valence-corrected chi connectivity index (χ1v) is 11.8. The highest BCUT2D eigenvalue weighted by Crippen LogP contribution is 2.49. The maximum absolute atomic E-state index is 14.2. The zero-order chi connectivity index (χ0) is 24.9. The van der Waals surface area contributed by atoms with Crippen molar-refractivity contribution in [2.45, 2.75) is 24.9 Å². The Morgan fingerprint density at radius 2 is 2.09 bits per heavy atom. The molecule has 1 fully saturated rings. The van der Waals surface area contributed by atoms with E-state index in [9.17, 15) is 19.1 Å². The van der Waals surface area contributed by atoms with E-state index in [1.165, 1.54) is 11.0 Å². The Balaban J connectivity index is 1.61. The number of carbonyl (C=O) groups excluding carboxylic acids is 2. The lowest BCUT2D eigenvalue weighted by atomic mass is 9.81. The number of phenolic OH excluding ortho intramolecular Hbond substituents is 1. The summed E-state index contributed by atoms with van der Waals surface area (Å²) >= 11 is 6.10. The van der Waals surface area contributed by atoms with Gasteiger partial charge in [-0.1, -0.05) is 23.7 Å². The van der Waals surface area contributed by atoms with Crippen LogP contribution in [0.4, 0.5) is 9.18 Å². The summed E-state index contributed by atoms with van der Waals surface area (Å²) in [6.07, 6.45) is 0.248. The minimum Gasteiger partial charge on any atom is -0.508 e. The third-order valence-corrected chi connectivity index (χ3v) is 7.18. The Morgan fingerprint density at radius 1 is 1.29 bits per heavy atom. The van der Waals surface area contributed by atoms with E-state index in [1.807, 2.05) is 0 Å². The molecule has 0 spiro atoms. The van der Waals surface area contributed by atoms with Crippen molar-refractivity contribution in [3.63, 3.8) is 0 Å². The maximum Gasteiger partial charge on any atom is 0.328 e. The van der Waals surface area contributed by atoms with Gasteiger partial charge in [0.05, 0.1) is 11.6 Å². The number of aromatic nitrogens is 1. The van der Waals surface area contributed by atoms with Crippen molar-refractivity contribution in [2.24, 2.45) is 0 Å². The third-order valence-electron chi connectivity index (χ3n) is 6.89. The Bertz CT molecular complexity index is 1330. The molecule has 10 heteroatoms. The highest BCUT2D eigenvalue weighted by Gasteiger charge is 2.60. The Kier molecular flexibility index (Phi) is 5.94. The number of hydrogen-bond donors (Lipinski definition) is 3. The number of amides is 3. The molecular formula is C25H26ClFN4O4. The average molecular weight is 501 g/mol. The molecule has 0 aliphatic carbocycles. The molecule has 3 heterocycles. The summed E-state index contributed by atoms with van der Waals surface area (Å²) in [5, 5.41) is 14.0. The second-order valence-corrected chi connectivity index (χ2v) is 9.54. The van der Waals surface area contributed by atoms with E-state index in [-0.39, 0.29) is 29.6 Å². The molecule has 0 saturated carbocycles. The molecule has 0 radical (unpaired) electrons. The van der Waals surface area contributed by atoms with E-state index in [0.717, 1.165) is 5.56 Å². The van der Waals surface area contributed by atoms with Gasteiger partial charge in [-0.05, 0) is 42.3 Å². The third kappa shape index (κ3) is 3.74. The van der Waals surface area contributed by atoms with Crippen molar-refractivity contribution >= 4 is 34.4 Å². The van der Waals surface area contributed by atoms with Gasteiger partial charge in [0.1, 0.15) is 23.1 Å². The van der Waals surface area contributed by atoms with Gasteiger partial charge < -0.3 is 20.1 Å². The van der Waals surface area contributed by atoms with Crippen LogP contribution in [-0.4, -0.2) is 70.7 Å². The fourth-order valence-electron chi connectivity index (χ4n) is 5.24. The number of H-pyrrole nitrogens is 1. The molecule has 3 N–H and O–H groups in total. The molecule has 1 saturated heterocycles. The number of methoxy groups -OCH3 is 1. The van der Waals surface area contributed by atoms with Gasteiger partial charge in [0.2, 0.25) is 0 Å². The molecule has 184 valence electrons. The van der Waals surface area contributed by atoms with Crippen LogP contribution in [0.5, 0.6) is 5.75 Å². The first-order valence-electron chi connectivity index (χ1n) is 11.4. The molecule has 2 atom stereocenters. The molecule has 8 nitrogen and oxygen atoms in total. The van der Waals surface area contributed by atoms with Crippen molar-refractivity contribution in [1.29, 1.82) is 0 Å². The first-order chi connectivity index (χ1) is 16.8. The summed E-state index contributed by atoms with van der Waals surface area (Å²) in [6.45, 7) is 3.54. The van der Waals surface area contributed by atoms with Crippen LogP contribution >= 0.6 is 11.6 Å². The molecule has 1 aromatic heterocycles. The normalized spacial score (nSPS) is 21.7. The zero-order valence-corrected chi connectivity index (χ0v) is 20.2. The van der Waals surface area contributed by atoms with Crippen LogP contribution in [0.15, 0.2) is 36.4 Å². The van der Waals surface area contributed by atoms with Crippen LogP contribution in [0, 0.1) is 5.82 Å². The quantitative estimate of drug-likeness (QED) is 0.340. The second kappa shape index (κ2) is 8.82. The zero-order valence-electron chi connectivity index (χ0n) is 19.4. The topological polar surface area (TPSA) is 97.9 Å². The SMILES string of the molecule is COCCNCCN1C(=O)N2[C@H](c3cccc(O)c3)c3[nH]c4cc(F)c(Cl)cc4c3C[C@@]2(C)C1=O. The summed E-state index contributed by atoms with van der Waals surface area (Å²) in [7, 11) is 1.61. The molecule has 2 aliphatic heterocycles. The van der Waals surface area contributed by atoms with Crippen LogP contribution in [0.2, 0.25) is 5.02 Å². The van der Waals surface area contributed by atoms with Gasteiger partial charge >= 0.3 is 6.03 Å². The number of phenols is 1. The monoisotopic (exact) mass is 500 g/mol. The smallest absolute Gasteiger partial charge is 0.328 e. The number of carbonyl (C=O) groups is 2. The highest BCUT2D eigenvalue weighted by molar-refractivity contribution is 6.31. The Labute approximate surface area is 206 Å². The van der Waals surface area contributed by atoms with Crippen molar-refractivity contribution in [1.82, 2.24) is 20.1 Å².